The first-order valence-electron chi connectivity index (χ1n) is 6.82. The van der Waals surface area contributed by atoms with Gasteiger partial charge in [-0.1, -0.05) is 6.07 Å². The van der Waals surface area contributed by atoms with E-state index in [0.717, 1.165) is 26.1 Å². The fourth-order valence-electron chi connectivity index (χ4n) is 2.08. The standard InChI is InChI=1S/C13H16ClN5OS/c14-11-16-12(15-4-3-10-2-1-9-21-10)18-13(17-11)19-5-7-20-8-6-19/h1-2,9H,3-8H2,(H,15,16,17,18). The third-order valence-corrected chi connectivity index (χ3v) is 4.23. The van der Waals surface area contributed by atoms with Gasteiger partial charge in [-0.05, 0) is 29.5 Å². The molecule has 1 saturated heterocycles. The second-order valence-corrected chi connectivity index (χ2v) is 5.95. The molecule has 1 aliphatic heterocycles. The van der Waals surface area contributed by atoms with E-state index in [2.05, 4.69) is 42.7 Å². The molecule has 3 heterocycles. The summed E-state index contributed by atoms with van der Waals surface area (Å²) in [6.45, 7) is 3.68. The van der Waals surface area contributed by atoms with E-state index in [1.54, 1.807) is 11.3 Å². The molecule has 0 amide bonds. The predicted molar refractivity (Wildman–Crippen MR) is 84.4 cm³/mol. The van der Waals surface area contributed by atoms with Gasteiger partial charge in [-0.25, -0.2) is 0 Å². The van der Waals surface area contributed by atoms with Crippen LogP contribution >= 0.6 is 22.9 Å². The van der Waals surface area contributed by atoms with Crippen LogP contribution in [0, 0.1) is 0 Å². The fraction of sp³-hybridized carbons (Fsp3) is 0.462. The largest absolute Gasteiger partial charge is 0.378 e. The minimum absolute atomic E-state index is 0.213. The van der Waals surface area contributed by atoms with Crippen LogP contribution in [-0.4, -0.2) is 47.8 Å². The lowest BCUT2D eigenvalue weighted by atomic mass is 10.3. The Morgan fingerprint density at radius 1 is 1.29 bits per heavy atom. The van der Waals surface area contributed by atoms with Crippen LogP contribution in [0.3, 0.4) is 0 Å². The van der Waals surface area contributed by atoms with Gasteiger partial charge in [0.05, 0.1) is 13.2 Å². The molecular formula is C13H16ClN5OS. The highest BCUT2D eigenvalue weighted by atomic mass is 35.5. The molecule has 6 nitrogen and oxygen atoms in total. The van der Waals surface area contributed by atoms with Crippen LogP contribution in [0.4, 0.5) is 11.9 Å². The van der Waals surface area contributed by atoms with E-state index in [1.165, 1.54) is 4.88 Å². The maximum Gasteiger partial charge on any atom is 0.231 e. The molecule has 1 N–H and O–H groups in total. The van der Waals surface area contributed by atoms with Gasteiger partial charge in [0.25, 0.3) is 0 Å². The summed E-state index contributed by atoms with van der Waals surface area (Å²) in [5.74, 6) is 1.13. The highest BCUT2D eigenvalue weighted by Gasteiger charge is 2.15. The quantitative estimate of drug-likeness (QED) is 0.908. The average molecular weight is 326 g/mol. The Morgan fingerprint density at radius 3 is 2.90 bits per heavy atom. The third-order valence-electron chi connectivity index (χ3n) is 3.12. The highest BCUT2D eigenvalue weighted by Crippen LogP contribution is 2.15. The number of morpholine rings is 1. The third kappa shape index (κ3) is 4.03. The Balaban J connectivity index is 1.63. The number of ether oxygens (including phenoxy) is 1. The predicted octanol–water partition coefficient (Wildman–Crippen LogP) is 2.08. The lowest BCUT2D eigenvalue weighted by Crippen LogP contribution is -2.37. The van der Waals surface area contributed by atoms with Crippen molar-refractivity contribution in [2.24, 2.45) is 0 Å². The van der Waals surface area contributed by atoms with E-state index in [-0.39, 0.29) is 5.28 Å². The lowest BCUT2D eigenvalue weighted by Gasteiger charge is -2.26. The fourth-order valence-corrected chi connectivity index (χ4v) is 2.94. The minimum Gasteiger partial charge on any atom is -0.378 e. The zero-order chi connectivity index (χ0) is 14.5. The van der Waals surface area contributed by atoms with Crippen LogP contribution in [0.15, 0.2) is 17.5 Å². The van der Waals surface area contributed by atoms with Crippen LogP contribution in [0.1, 0.15) is 4.88 Å². The van der Waals surface area contributed by atoms with Gasteiger partial charge in [0.2, 0.25) is 17.2 Å². The Bertz CT molecular complexity index is 574. The molecule has 8 heteroatoms. The SMILES string of the molecule is Clc1nc(NCCc2cccs2)nc(N2CCOCC2)n1. The molecule has 0 spiro atoms. The summed E-state index contributed by atoms with van der Waals surface area (Å²) in [6, 6.07) is 4.17. The van der Waals surface area contributed by atoms with Gasteiger partial charge in [0, 0.05) is 24.5 Å². The first-order valence-corrected chi connectivity index (χ1v) is 8.07. The number of halogens is 1. The maximum atomic E-state index is 5.99. The van der Waals surface area contributed by atoms with Crippen molar-refractivity contribution in [3.63, 3.8) is 0 Å². The lowest BCUT2D eigenvalue weighted by molar-refractivity contribution is 0.122. The van der Waals surface area contributed by atoms with Crippen molar-refractivity contribution in [3.8, 4) is 0 Å². The minimum atomic E-state index is 0.213. The second kappa shape index (κ2) is 7.02. The van der Waals surface area contributed by atoms with E-state index in [4.69, 9.17) is 16.3 Å². The summed E-state index contributed by atoms with van der Waals surface area (Å²) >= 11 is 7.74. The highest BCUT2D eigenvalue weighted by molar-refractivity contribution is 7.09. The van der Waals surface area contributed by atoms with Crippen molar-refractivity contribution in [1.82, 2.24) is 15.0 Å². The molecule has 0 unspecified atom stereocenters. The first kappa shape index (κ1) is 14.5. The van der Waals surface area contributed by atoms with E-state index in [1.807, 2.05) is 0 Å². The molecule has 2 aromatic rings. The maximum absolute atomic E-state index is 5.99. The van der Waals surface area contributed by atoms with Gasteiger partial charge in [0.1, 0.15) is 0 Å². The Kier molecular flexibility index (Phi) is 4.84. The molecule has 21 heavy (non-hydrogen) atoms. The summed E-state index contributed by atoms with van der Waals surface area (Å²) < 4.78 is 5.33. The van der Waals surface area contributed by atoms with Gasteiger partial charge < -0.3 is 15.0 Å². The van der Waals surface area contributed by atoms with E-state index in [9.17, 15) is 0 Å². The van der Waals surface area contributed by atoms with Gasteiger partial charge in [-0.2, -0.15) is 15.0 Å². The molecule has 0 bridgehead atoms. The number of nitrogens with one attached hydrogen (secondary N) is 1. The monoisotopic (exact) mass is 325 g/mol. The zero-order valence-corrected chi connectivity index (χ0v) is 13.0. The molecule has 0 aliphatic carbocycles. The second-order valence-electron chi connectivity index (χ2n) is 4.58. The molecule has 1 fully saturated rings. The summed E-state index contributed by atoms with van der Waals surface area (Å²) in [4.78, 5) is 16.1. The molecule has 112 valence electrons. The van der Waals surface area contributed by atoms with Crippen molar-refractivity contribution in [3.05, 3.63) is 27.7 Å². The number of anilines is 2. The van der Waals surface area contributed by atoms with E-state index >= 15 is 0 Å². The molecule has 3 rings (SSSR count). The molecule has 0 saturated carbocycles. The number of aromatic nitrogens is 3. The smallest absolute Gasteiger partial charge is 0.231 e. The molecule has 0 aromatic carbocycles. The Morgan fingerprint density at radius 2 is 2.14 bits per heavy atom. The van der Waals surface area contributed by atoms with Crippen molar-refractivity contribution in [1.29, 1.82) is 0 Å². The molecule has 0 atom stereocenters. The summed E-state index contributed by atoms with van der Waals surface area (Å²) in [6.07, 6.45) is 0.938. The van der Waals surface area contributed by atoms with E-state index in [0.29, 0.717) is 25.1 Å². The number of hydrogen-bond acceptors (Lipinski definition) is 7. The number of hydrogen-bond donors (Lipinski definition) is 1. The molecule has 2 aromatic heterocycles. The van der Waals surface area contributed by atoms with E-state index < -0.39 is 0 Å². The van der Waals surface area contributed by atoms with Crippen molar-refractivity contribution in [2.45, 2.75) is 6.42 Å². The molecule has 0 radical (unpaired) electrons. The topological polar surface area (TPSA) is 63.2 Å². The number of nitrogens with zero attached hydrogens (tertiary/aromatic N) is 4. The van der Waals surface area contributed by atoms with Crippen molar-refractivity contribution in [2.75, 3.05) is 43.1 Å². The zero-order valence-electron chi connectivity index (χ0n) is 11.5. The van der Waals surface area contributed by atoms with Gasteiger partial charge in [-0.3, -0.25) is 0 Å². The van der Waals surface area contributed by atoms with Crippen LogP contribution < -0.4 is 10.2 Å². The first-order chi connectivity index (χ1) is 10.3. The van der Waals surface area contributed by atoms with Crippen LogP contribution in [0.25, 0.3) is 0 Å². The van der Waals surface area contributed by atoms with Gasteiger partial charge >= 0.3 is 0 Å². The van der Waals surface area contributed by atoms with Crippen LogP contribution in [-0.2, 0) is 11.2 Å². The average Bonchev–Trinajstić information content (AvgIpc) is 3.01. The van der Waals surface area contributed by atoms with Crippen LogP contribution in [0.2, 0.25) is 5.28 Å². The normalized spacial score (nSPS) is 15.2. The molecule has 1 aliphatic rings. The summed E-state index contributed by atoms with van der Waals surface area (Å²) in [7, 11) is 0. The number of thiophene rings is 1. The number of rotatable bonds is 5. The summed E-state index contributed by atoms with van der Waals surface area (Å²) in [5, 5.41) is 5.49. The Hall–Kier alpha value is -1.44. The van der Waals surface area contributed by atoms with Gasteiger partial charge in [0.15, 0.2) is 0 Å². The van der Waals surface area contributed by atoms with Crippen LogP contribution in [0.5, 0.6) is 0 Å². The Labute approximate surface area is 132 Å². The van der Waals surface area contributed by atoms with Gasteiger partial charge in [-0.15, -0.1) is 11.3 Å². The summed E-state index contributed by atoms with van der Waals surface area (Å²) in [5.41, 5.74) is 0. The van der Waals surface area contributed by atoms with Crippen molar-refractivity contribution >= 4 is 34.8 Å². The van der Waals surface area contributed by atoms with Crippen molar-refractivity contribution < 1.29 is 4.74 Å². The molecular weight excluding hydrogens is 310 g/mol.